The molecule has 1 unspecified atom stereocenters. The molecule has 0 bridgehead atoms. The number of fused-ring (bicyclic) bond motifs is 1. The largest absolute Gasteiger partial charge is 0.495 e. The Morgan fingerprint density at radius 2 is 1.76 bits per heavy atom. The molecule has 5 rings (SSSR count). The molecule has 2 aliphatic heterocycles. The molecule has 0 radical (unpaired) electrons. The summed E-state index contributed by atoms with van der Waals surface area (Å²) in [6.07, 6.45) is 3.33. The number of carbonyl (C=O) groups is 4. The number of hydrogen-bond donors (Lipinski definition) is 3. The first-order valence-electron chi connectivity index (χ1n) is 16.7. The van der Waals surface area contributed by atoms with E-state index in [-0.39, 0.29) is 17.7 Å². The summed E-state index contributed by atoms with van der Waals surface area (Å²) in [7, 11) is 5.24. The first-order chi connectivity index (χ1) is 23.5. The van der Waals surface area contributed by atoms with E-state index < -0.39 is 11.9 Å². The van der Waals surface area contributed by atoms with Crippen molar-refractivity contribution in [3.05, 3.63) is 76.9 Å². The molecule has 260 valence electrons. The van der Waals surface area contributed by atoms with Crippen molar-refractivity contribution in [2.24, 2.45) is 5.73 Å². The maximum Gasteiger partial charge on any atom is 0.258 e. The van der Waals surface area contributed by atoms with Gasteiger partial charge in [0.25, 0.3) is 11.8 Å². The van der Waals surface area contributed by atoms with E-state index in [9.17, 15) is 19.2 Å². The number of nitrogens with two attached hydrogens (primary N) is 1. The molecule has 0 aromatic heterocycles. The fraction of sp³-hybridized carbons (Fsp3) is 0.405. The molecule has 4 N–H and O–H groups in total. The molecule has 2 heterocycles. The van der Waals surface area contributed by atoms with Gasteiger partial charge in [-0.3, -0.25) is 19.2 Å². The van der Waals surface area contributed by atoms with Crippen molar-refractivity contribution in [3.63, 3.8) is 0 Å². The van der Waals surface area contributed by atoms with E-state index in [4.69, 9.17) is 15.2 Å². The van der Waals surface area contributed by atoms with E-state index in [1.807, 2.05) is 30.0 Å². The Morgan fingerprint density at radius 3 is 2.49 bits per heavy atom. The highest BCUT2D eigenvalue weighted by Gasteiger charge is 2.29. The summed E-state index contributed by atoms with van der Waals surface area (Å²) in [5, 5.41) is 5.94. The van der Waals surface area contributed by atoms with Crippen molar-refractivity contribution in [2.45, 2.75) is 45.1 Å². The number of methoxy groups -OCH3 is 1. The predicted octanol–water partition coefficient (Wildman–Crippen LogP) is 4.07. The second kappa shape index (κ2) is 15.9. The van der Waals surface area contributed by atoms with Gasteiger partial charge in [-0.2, -0.15) is 0 Å². The number of carbonyl (C=O) groups excluding carboxylic acids is 4. The number of amides is 4. The number of ether oxygens (including phenoxy) is 2. The van der Waals surface area contributed by atoms with Crippen LogP contribution in [0.5, 0.6) is 11.5 Å². The number of piperazine rings is 1. The quantitative estimate of drug-likeness (QED) is 0.231. The second-order valence-electron chi connectivity index (χ2n) is 12.7. The molecule has 12 heteroatoms. The van der Waals surface area contributed by atoms with Crippen LogP contribution in [0.4, 0.5) is 17.1 Å². The SMILES string of the molecule is COc1cc(C(=O)N(C)c2ccc(C)cc2OCCCCCC(=O)N2CCN(C)CC2)ccc1NC(=O)c1cccc2c1CC(C(N)=O)N2. The molecule has 0 saturated carbocycles. The summed E-state index contributed by atoms with van der Waals surface area (Å²) >= 11 is 0. The predicted molar refractivity (Wildman–Crippen MR) is 190 cm³/mol. The van der Waals surface area contributed by atoms with Crippen LogP contribution in [0, 0.1) is 6.92 Å². The van der Waals surface area contributed by atoms with Crippen LogP contribution in [0.3, 0.4) is 0 Å². The Hall–Kier alpha value is -5.10. The number of anilines is 3. The van der Waals surface area contributed by atoms with E-state index in [1.54, 1.807) is 43.4 Å². The molecule has 12 nitrogen and oxygen atoms in total. The van der Waals surface area contributed by atoms with Crippen LogP contribution in [-0.2, 0) is 16.0 Å². The summed E-state index contributed by atoms with van der Waals surface area (Å²) in [5.74, 6) is 0.000448. The fourth-order valence-corrected chi connectivity index (χ4v) is 6.15. The van der Waals surface area contributed by atoms with Crippen LogP contribution in [-0.4, -0.2) is 93.5 Å². The third kappa shape index (κ3) is 8.50. The highest BCUT2D eigenvalue weighted by molar-refractivity contribution is 6.09. The molecule has 4 amide bonds. The minimum absolute atomic E-state index is 0.221. The van der Waals surface area contributed by atoms with Crippen molar-refractivity contribution in [1.29, 1.82) is 0 Å². The number of aryl methyl sites for hydroxylation is 1. The van der Waals surface area contributed by atoms with Gasteiger partial charge in [0, 0.05) is 62.9 Å². The van der Waals surface area contributed by atoms with Crippen molar-refractivity contribution in [3.8, 4) is 11.5 Å². The summed E-state index contributed by atoms with van der Waals surface area (Å²) in [5.41, 5.74) is 9.69. The highest BCUT2D eigenvalue weighted by atomic mass is 16.5. The number of nitrogens with zero attached hydrogens (tertiary/aromatic N) is 3. The molecule has 49 heavy (non-hydrogen) atoms. The van der Waals surface area contributed by atoms with Crippen LogP contribution < -0.4 is 30.7 Å². The van der Waals surface area contributed by atoms with Crippen molar-refractivity contribution >= 4 is 40.7 Å². The normalized spacial score (nSPS) is 15.6. The average Bonchev–Trinajstić information content (AvgIpc) is 3.55. The minimum Gasteiger partial charge on any atom is -0.495 e. The standard InChI is InChI=1S/C37H46N6O6/c1-24-12-15-31(33(21-24)49-20-7-5-6-11-34(44)43-18-16-41(2)17-19-43)42(3)37(47)25-13-14-29(32(22-25)48-4)40-36(46)26-9-8-10-28-27(26)23-30(39-28)35(38)45/h8-10,12-15,21-22,30,39H,5-7,11,16-20,23H2,1-4H3,(H2,38,45)(H,40,46). The van der Waals surface area contributed by atoms with Crippen molar-refractivity contribution in [2.75, 3.05) is 69.5 Å². The molecular weight excluding hydrogens is 624 g/mol. The van der Waals surface area contributed by atoms with Crippen molar-refractivity contribution in [1.82, 2.24) is 9.80 Å². The lowest BCUT2D eigenvalue weighted by Crippen LogP contribution is -2.47. The first-order valence-corrected chi connectivity index (χ1v) is 16.7. The Kier molecular flexibility index (Phi) is 11.4. The molecule has 0 spiro atoms. The summed E-state index contributed by atoms with van der Waals surface area (Å²) in [6.45, 7) is 5.86. The van der Waals surface area contributed by atoms with Gasteiger partial charge in [-0.1, -0.05) is 12.1 Å². The Morgan fingerprint density at radius 1 is 0.980 bits per heavy atom. The molecule has 3 aromatic carbocycles. The Labute approximate surface area is 287 Å². The van der Waals surface area contributed by atoms with Gasteiger partial charge in [0.2, 0.25) is 11.8 Å². The fourth-order valence-electron chi connectivity index (χ4n) is 6.15. The topological polar surface area (TPSA) is 147 Å². The van der Waals surface area contributed by atoms with Gasteiger partial charge in [-0.25, -0.2) is 0 Å². The number of unbranched alkanes of at least 4 members (excludes halogenated alkanes) is 2. The molecular formula is C37H46N6O6. The van der Waals surface area contributed by atoms with E-state index in [0.29, 0.717) is 64.7 Å². The molecule has 1 atom stereocenters. The lowest BCUT2D eigenvalue weighted by Gasteiger charge is -2.32. The molecule has 2 aliphatic rings. The van der Waals surface area contributed by atoms with Gasteiger partial charge in [-0.15, -0.1) is 0 Å². The molecule has 3 aromatic rings. The number of nitrogens with one attached hydrogen (secondary N) is 2. The smallest absolute Gasteiger partial charge is 0.258 e. The maximum atomic E-state index is 13.7. The van der Waals surface area contributed by atoms with E-state index in [2.05, 4.69) is 22.6 Å². The van der Waals surface area contributed by atoms with Gasteiger partial charge >= 0.3 is 0 Å². The molecule has 0 aliphatic carbocycles. The van der Waals surface area contributed by atoms with E-state index >= 15 is 0 Å². The van der Waals surface area contributed by atoms with Gasteiger partial charge < -0.3 is 40.5 Å². The average molecular weight is 671 g/mol. The number of likely N-dealkylation sites (N-methyl/N-ethyl adjacent to an activating group) is 1. The number of primary amides is 1. The number of hydrogen-bond acceptors (Lipinski definition) is 8. The van der Waals surface area contributed by atoms with Crippen LogP contribution >= 0.6 is 0 Å². The maximum absolute atomic E-state index is 13.7. The van der Waals surface area contributed by atoms with E-state index in [1.165, 1.54) is 12.0 Å². The lowest BCUT2D eigenvalue weighted by atomic mass is 10.0. The molecule has 1 saturated heterocycles. The summed E-state index contributed by atoms with van der Waals surface area (Å²) < 4.78 is 11.7. The molecule has 1 fully saturated rings. The third-order valence-corrected chi connectivity index (χ3v) is 9.13. The van der Waals surface area contributed by atoms with Crippen molar-refractivity contribution < 1.29 is 28.7 Å². The zero-order valence-electron chi connectivity index (χ0n) is 28.7. The number of rotatable bonds is 13. The zero-order chi connectivity index (χ0) is 35.1. The van der Waals surface area contributed by atoms with Crippen LogP contribution in [0.25, 0.3) is 0 Å². The van der Waals surface area contributed by atoms with E-state index in [0.717, 1.165) is 51.0 Å². The lowest BCUT2D eigenvalue weighted by molar-refractivity contribution is -0.132. The zero-order valence-corrected chi connectivity index (χ0v) is 28.7. The van der Waals surface area contributed by atoms with Crippen LogP contribution in [0.1, 0.15) is 57.5 Å². The van der Waals surface area contributed by atoms with Gasteiger partial charge in [0.1, 0.15) is 17.5 Å². The summed E-state index contributed by atoms with van der Waals surface area (Å²) in [6, 6.07) is 15.2. The Bertz CT molecular complexity index is 1700. The highest BCUT2D eigenvalue weighted by Crippen LogP contribution is 2.33. The summed E-state index contributed by atoms with van der Waals surface area (Å²) in [4.78, 5) is 57.0. The minimum atomic E-state index is -0.575. The number of benzene rings is 3. The third-order valence-electron chi connectivity index (χ3n) is 9.13. The van der Waals surface area contributed by atoms with Gasteiger partial charge in [-0.05, 0) is 86.8 Å². The van der Waals surface area contributed by atoms with Crippen LogP contribution in [0.15, 0.2) is 54.6 Å². The first kappa shape index (κ1) is 35.2. The van der Waals surface area contributed by atoms with Gasteiger partial charge in [0.05, 0.1) is 25.1 Å². The monoisotopic (exact) mass is 670 g/mol. The van der Waals surface area contributed by atoms with Crippen LogP contribution in [0.2, 0.25) is 0 Å². The van der Waals surface area contributed by atoms with Gasteiger partial charge in [0.15, 0.2) is 0 Å². The Balaban J connectivity index is 1.19. The second-order valence-corrected chi connectivity index (χ2v) is 12.7.